The van der Waals surface area contributed by atoms with Crippen molar-refractivity contribution >= 4 is 5.69 Å². The maximum atomic E-state index is 9.59. The molecule has 0 saturated heterocycles. The van der Waals surface area contributed by atoms with Gasteiger partial charge in [-0.2, -0.15) is 0 Å². The second-order valence-corrected chi connectivity index (χ2v) is 3.75. The number of anilines is 1. The van der Waals surface area contributed by atoms with E-state index in [9.17, 15) is 10.2 Å². The normalized spacial score (nSPS) is 16.8. The van der Waals surface area contributed by atoms with Gasteiger partial charge in [0.15, 0.2) is 0 Å². The van der Waals surface area contributed by atoms with Crippen LogP contribution in [0.3, 0.4) is 0 Å². The molecule has 3 atom stereocenters. The van der Waals surface area contributed by atoms with Crippen molar-refractivity contribution in [3.05, 3.63) is 29.8 Å². The predicted octanol–water partition coefficient (Wildman–Crippen LogP) is -1.11. The van der Waals surface area contributed by atoms with Gasteiger partial charge < -0.3 is 26.2 Å². The molecular formula is C11H17NO4. The summed E-state index contributed by atoms with van der Waals surface area (Å²) in [5.74, 6) is 0. The monoisotopic (exact) mass is 227 g/mol. The Morgan fingerprint density at radius 1 is 1.00 bits per heavy atom. The Hall–Kier alpha value is -1.14. The van der Waals surface area contributed by atoms with Crippen molar-refractivity contribution in [1.82, 2.24) is 0 Å². The van der Waals surface area contributed by atoms with E-state index < -0.39 is 24.9 Å². The van der Waals surface area contributed by atoms with E-state index in [1.165, 1.54) is 0 Å². The number of aliphatic hydroxyl groups excluding tert-OH is 4. The molecule has 6 N–H and O–H groups in total. The fourth-order valence-corrected chi connectivity index (χ4v) is 1.38. The predicted molar refractivity (Wildman–Crippen MR) is 59.7 cm³/mol. The molecule has 0 aromatic heterocycles. The summed E-state index contributed by atoms with van der Waals surface area (Å²) in [6, 6.07) is 6.85. The molecule has 0 heterocycles. The molecule has 1 aromatic rings. The lowest BCUT2D eigenvalue weighted by Crippen LogP contribution is -2.40. The highest BCUT2D eigenvalue weighted by Gasteiger charge is 2.23. The van der Waals surface area contributed by atoms with Gasteiger partial charge in [-0.05, 0) is 17.7 Å². The molecule has 5 heteroatoms. The Kier molecular flexibility index (Phi) is 4.70. The summed E-state index contributed by atoms with van der Waals surface area (Å²) in [7, 11) is 0. The van der Waals surface area contributed by atoms with E-state index in [0.717, 1.165) is 5.56 Å². The highest BCUT2D eigenvalue weighted by atomic mass is 16.4. The third-order valence-corrected chi connectivity index (χ3v) is 2.40. The molecule has 3 unspecified atom stereocenters. The van der Waals surface area contributed by atoms with E-state index in [4.69, 9.17) is 15.9 Å². The number of hydrogen-bond acceptors (Lipinski definition) is 5. The number of nitrogen functional groups attached to an aromatic ring is 1. The molecule has 0 saturated carbocycles. The minimum absolute atomic E-state index is 0.193. The molecule has 0 aliphatic carbocycles. The van der Waals surface area contributed by atoms with Gasteiger partial charge in [0, 0.05) is 12.1 Å². The number of benzene rings is 1. The fraction of sp³-hybridized carbons (Fsp3) is 0.455. The number of aliphatic hydroxyl groups is 4. The summed E-state index contributed by atoms with van der Waals surface area (Å²) in [5.41, 5.74) is 6.92. The van der Waals surface area contributed by atoms with Crippen molar-refractivity contribution < 1.29 is 20.4 Å². The molecule has 0 radical (unpaired) electrons. The quantitative estimate of drug-likeness (QED) is 0.410. The average Bonchev–Trinajstić information content (AvgIpc) is 2.30. The second kappa shape index (κ2) is 5.81. The first-order valence-corrected chi connectivity index (χ1v) is 5.04. The van der Waals surface area contributed by atoms with Crippen LogP contribution in [0.5, 0.6) is 0 Å². The first-order chi connectivity index (χ1) is 7.54. The number of rotatable bonds is 5. The maximum absolute atomic E-state index is 9.59. The first kappa shape index (κ1) is 12.9. The largest absolute Gasteiger partial charge is 0.399 e. The van der Waals surface area contributed by atoms with Gasteiger partial charge in [0.05, 0.1) is 12.7 Å². The summed E-state index contributed by atoms with van der Waals surface area (Å²) in [5, 5.41) is 36.8. The van der Waals surface area contributed by atoms with Crippen molar-refractivity contribution in [2.75, 3.05) is 12.3 Å². The zero-order valence-corrected chi connectivity index (χ0v) is 8.82. The molecular weight excluding hydrogens is 210 g/mol. The molecule has 0 bridgehead atoms. The standard InChI is InChI=1S/C11H17NO4/c12-8-3-1-7(2-4-8)5-9(14)11(16)10(15)6-13/h1-4,9-11,13-16H,5-6,12H2. The summed E-state index contributed by atoms with van der Waals surface area (Å²) >= 11 is 0. The Balaban J connectivity index is 2.56. The maximum Gasteiger partial charge on any atom is 0.108 e. The van der Waals surface area contributed by atoms with Gasteiger partial charge in [0.25, 0.3) is 0 Å². The Bertz CT molecular complexity index is 314. The zero-order valence-electron chi connectivity index (χ0n) is 8.82. The molecule has 0 aliphatic heterocycles. The fourth-order valence-electron chi connectivity index (χ4n) is 1.38. The Labute approximate surface area is 93.8 Å². The molecule has 90 valence electrons. The van der Waals surface area contributed by atoms with Gasteiger partial charge in [-0.15, -0.1) is 0 Å². The lowest BCUT2D eigenvalue weighted by atomic mass is 10.0. The van der Waals surface area contributed by atoms with E-state index in [-0.39, 0.29) is 6.42 Å². The third kappa shape index (κ3) is 3.46. The second-order valence-electron chi connectivity index (χ2n) is 3.75. The molecule has 5 nitrogen and oxygen atoms in total. The van der Waals surface area contributed by atoms with E-state index in [1.807, 2.05) is 0 Å². The first-order valence-electron chi connectivity index (χ1n) is 5.04. The molecule has 0 amide bonds. The summed E-state index contributed by atoms with van der Waals surface area (Å²) < 4.78 is 0. The van der Waals surface area contributed by atoms with Gasteiger partial charge in [-0.25, -0.2) is 0 Å². The van der Waals surface area contributed by atoms with Gasteiger partial charge in [-0.3, -0.25) is 0 Å². The van der Waals surface area contributed by atoms with Crippen LogP contribution >= 0.6 is 0 Å². The Morgan fingerprint density at radius 3 is 2.06 bits per heavy atom. The molecule has 16 heavy (non-hydrogen) atoms. The lowest BCUT2D eigenvalue weighted by molar-refractivity contribution is -0.0755. The van der Waals surface area contributed by atoms with Crippen molar-refractivity contribution in [2.24, 2.45) is 0 Å². The average molecular weight is 227 g/mol. The molecule has 1 aromatic carbocycles. The Morgan fingerprint density at radius 2 is 1.56 bits per heavy atom. The van der Waals surface area contributed by atoms with E-state index >= 15 is 0 Å². The number of hydrogen-bond donors (Lipinski definition) is 5. The van der Waals surface area contributed by atoms with Crippen LogP contribution in [0, 0.1) is 0 Å². The van der Waals surface area contributed by atoms with Crippen LogP contribution in [0.1, 0.15) is 5.56 Å². The van der Waals surface area contributed by atoms with E-state index in [0.29, 0.717) is 5.69 Å². The topological polar surface area (TPSA) is 107 Å². The van der Waals surface area contributed by atoms with Crippen LogP contribution in [0.2, 0.25) is 0 Å². The molecule has 0 aliphatic rings. The van der Waals surface area contributed by atoms with Gasteiger partial charge >= 0.3 is 0 Å². The highest BCUT2D eigenvalue weighted by Crippen LogP contribution is 2.11. The summed E-state index contributed by atoms with van der Waals surface area (Å²) in [4.78, 5) is 0. The van der Waals surface area contributed by atoms with Crippen LogP contribution in [0.25, 0.3) is 0 Å². The van der Waals surface area contributed by atoms with Crippen molar-refractivity contribution in [3.63, 3.8) is 0 Å². The van der Waals surface area contributed by atoms with Crippen LogP contribution < -0.4 is 5.73 Å². The van der Waals surface area contributed by atoms with Crippen molar-refractivity contribution in [3.8, 4) is 0 Å². The molecule has 1 rings (SSSR count). The third-order valence-electron chi connectivity index (χ3n) is 2.40. The minimum Gasteiger partial charge on any atom is -0.399 e. The van der Waals surface area contributed by atoms with Crippen LogP contribution in [0.15, 0.2) is 24.3 Å². The zero-order chi connectivity index (χ0) is 12.1. The summed E-state index contributed by atoms with van der Waals surface area (Å²) in [6.45, 7) is -0.583. The molecule has 0 fully saturated rings. The van der Waals surface area contributed by atoms with Crippen molar-refractivity contribution in [2.45, 2.75) is 24.7 Å². The minimum atomic E-state index is -1.36. The van der Waals surface area contributed by atoms with Crippen LogP contribution in [0.4, 0.5) is 5.69 Å². The lowest BCUT2D eigenvalue weighted by Gasteiger charge is -2.21. The van der Waals surface area contributed by atoms with E-state index in [2.05, 4.69) is 0 Å². The number of nitrogens with two attached hydrogens (primary N) is 1. The van der Waals surface area contributed by atoms with Gasteiger partial charge in [0.2, 0.25) is 0 Å². The van der Waals surface area contributed by atoms with Gasteiger partial charge in [-0.1, -0.05) is 12.1 Å². The van der Waals surface area contributed by atoms with Crippen LogP contribution in [-0.2, 0) is 6.42 Å². The highest BCUT2D eigenvalue weighted by molar-refractivity contribution is 5.39. The van der Waals surface area contributed by atoms with Gasteiger partial charge in [0.1, 0.15) is 12.2 Å². The SMILES string of the molecule is Nc1ccc(CC(O)C(O)C(O)CO)cc1. The van der Waals surface area contributed by atoms with E-state index in [1.54, 1.807) is 24.3 Å². The van der Waals surface area contributed by atoms with Crippen LogP contribution in [-0.4, -0.2) is 45.3 Å². The summed E-state index contributed by atoms with van der Waals surface area (Å²) in [6.07, 6.45) is -3.62. The van der Waals surface area contributed by atoms with Crippen molar-refractivity contribution in [1.29, 1.82) is 0 Å². The smallest absolute Gasteiger partial charge is 0.108 e. The molecule has 0 spiro atoms.